The van der Waals surface area contributed by atoms with Gasteiger partial charge in [-0.3, -0.25) is 14.9 Å². The average Bonchev–Trinajstić information content (AvgIpc) is 2.58. The standard InChI is InChI=1S/C10H8N2O4S/c13-9-8(17-10(14)11-9)5-6-2-1-3-7(4-6)12(15)16/h1-5,12,15H,(H,11,13,14)/b8-5-. The Morgan fingerprint density at radius 2 is 2.18 bits per heavy atom. The molecular weight excluding hydrogens is 244 g/mol. The van der Waals surface area contributed by atoms with Crippen LogP contribution in [0.2, 0.25) is 0 Å². The third kappa shape index (κ3) is 2.71. The Bertz CT molecular complexity index is 513. The Morgan fingerprint density at radius 1 is 1.41 bits per heavy atom. The minimum atomic E-state index is -1.04. The van der Waals surface area contributed by atoms with Gasteiger partial charge in [0.25, 0.3) is 11.1 Å². The summed E-state index contributed by atoms with van der Waals surface area (Å²) in [5, 5.41) is 20.2. The van der Waals surface area contributed by atoms with Gasteiger partial charge in [0.15, 0.2) is 5.69 Å². The van der Waals surface area contributed by atoms with Crippen LogP contribution in [0.5, 0.6) is 0 Å². The van der Waals surface area contributed by atoms with Crippen molar-refractivity contribution in [2.45, 2.75) is 0 Å². The van der Waals surface area contributed by atoms with Gasteiger partial charge in [-0.15, -0.1) is 0 Å². The van der Waals surface area contributed by atoms with Gasteiger partial charge >= 0.3 is 0 Å². The van der Waals surface area contributed by atoms with Gasteiger partial charge in [-0.2, -0.15) is 5.23 Å². The van der Waals surface area contributed by atoms with Crippen molar-refractivity contribution in [3.63, 3.8) is 0 Å². The summed E-state index contributed by atoms with van der Waals surface area (Å²) in [7, 11) is 0. The zero-order valence-electron chi connectivity index (χ0n) is 8.47. The van der Waals surface area contributed by atoms with E-state index in [1.165, 1.54) is 18.2 Å². The summed E-state index contributed by atoms with van der Waals surface area (Å²) < 4.78 is 0. The lowest BCUT2D eigenvalue weighted by molar-refractivity contribution is -0.991. The molecule has 2 rings (SSSR count). The molecule has 1 unspecified atom stereocenters. The molecule has 1 aliphatic rings. The number of hydrogen-bond donors (Lipinski definition) is 3. The maximum absolute atomic E-state index is 11.3. The maximum atomic E-state index is 11.3. The number of nitrogens with one attached hydrogen (secondary N) is 2. The molecule has 1 fully saturated rings. The maximum Gasteiger partial charge on any atom is 0.290 e. The first-order chi connectivity index (χ1) is 8.06. The van der Waals surface area contributed by atoms with E-state index in [0.29, 0.717) is 5.56 Å². The molecule has 3 N–H and O–H groups in total. The van der Waals surface area contributed by atoms with Gasteiger partial charge in [-0.25, -0.2) is 5.21 Å². The summed E-state index contributed by atoms with van der Waals surface area (Å²) in [6, 6.07) is 6.13. The van der Waals surface area contributed by atoms with Crippen LogP contribution in [-0.2, 0) is 4.79 Å². The van der Waals surface area contributed by atoms with Crippen LogP contribution in [0.25, 0.3) is 6.08 Å². The van der Waals surface area contributed by atoms with Crippen LogP contribution < -0.4 is 10.5 Å². The van der Waals surface area contributed by atoms with Crippen LogP contribution in [0, 0.1) is 5.21 Å². The first-order valence-electron chi connectivity index (χ1n) is 4.64. The largest absolute Gasteiger partial charge is 0.595 e. The Hall–Kier alpha value is -1.67. The zero-order chi connectivity index (χ0) is 12.4. The Labute approximate surface area is 100 Å². The van der Waals surface area contributed by atoms with Crippen molar-refractivity contribution in [2.75, 3.05) is 0 Å². The van der Waals surface area contributed by atoms with Crippen LogP contribution in [0.4, 0.5) is 10.5 Å². The van der Waals surface area contributed by atoms with Crippen molar-refractivity contribution in [1.29, 1.82) is 0 Å². The number of thioether (sulfide) groups is 1. The Morgan fingerprint density at radius 3 is 2.76 bits per heavy atom. The quantitative estimate of drug-likeness (QED) is 0.523. The monoisotopic (exact) mass is 252 g/mol. The smallest absolute Gasteiger partial charge is 0.290 e. The normalized spacial score (nSPS) is 19.5. The lowest BCUT2D eigenvalue weighted by atomic mass is 10.2. The van der Waals surface area contributed by atoms with Gasteiger partial charge in [0.1, 0.15) is 0 Å². The van der Waals surface area contributed by atoms with Crippen LogP contribution in [-0.4, -0.2) is 16.4 Å². The summed E-state index contributed by atoms with van der Waals surface area (Å²) in [5.74, 6) is -0.458. The Balaban J connectivity index is 2.29. The van der Waals surface area contributed by atoms with Crippen molar-refractivity contribution in [2.24, 2.45) is 0 Å². The molecule has 1 aliphatic heterocycles. The fourth-order valence-electron chi connectivity index (χ4n) is 1.33. The highest BCUT2D eigenvalue weighted by Gasteiger charge is 2.24. The molecule has 88 valence electrons. The fourth-order valence-corrected chi connectivity index (χ4v) is 2.02. The van der Waals surface area contributed by atoms with Gasteiger partial charge in [-0.1, -0.05) is 12.1 Å². The lowest BCUT2D eigenvalue weighted by Gasteiger charge is -2.11. The first kappa shape index (κ1) is 11.8. The molecule has 1 heterocycles. The SMILES string of the molecule is O=C1NC(=O)/C(=C/c2cccc([NH+]([O-])O)c2)S1. The van der Waals surface area contributed by atoms with E-state index in [4.69, 9.17) is 5.21 Å². The number of imide groups is 1. The summed E-state index contributed by atoms with van der Waals surface area (Å²) in [4.78, 5) is 22.5. The predicted octanol–water partition coefficient (Wildman–Crippen LogP) is 0.414. The molecule has 0 radical (unpaired) electrons. The molecular formula is C10H8N2O4S. The van der Waals surface area contributed by atoms with Crippen molar-refractivity contribution in [1.82, 2.24) is 5.32 Å². The summed E-state index contributed by atoms with van der Waals surface area (Å²) in [6.07, 6.45) is 1.48. The molecule has 0 aromatic heterocycles. The molecule has 17 heavy (non-hydrogen) atoms. The minimum absolute atomic E-state index is 0.133. The van der Waals surface area contributed by atoms with Crippen LogP contribution in [0.1, 0.15) is 5.56 Å². The molecule has 1 atom stereocenters. The zero-order valence-corrected chi connectivity index (χ0v) is 9.28. The minimum Gasteiger partial charge on any atom is -0.595 e. The first-order valence-corrected chi connectivity index (χ1v) is 5.46. The van der Waals surface area contributed by atoms with Crippen LogP contribution in [0.3, 0.4) is 0 Å². The van der Waals surface area contributed by atoms with Gasteiger partial charge in [0, 0.05) is 12.1 Å². The number of rotatable bonds is 2. The van der Waals surface area contributed by atoms with Gasteiger partial charge < -0.3 is 5.21 Å². The number of amides is 2. The van der Waals surface area contributed by atoms with Crippen molar-refractivity contribution >= 4 is 34.7 Å². The van der Waals surface area contributed by atoms with Crippen molar-refractivity contribution in [3.8, 4) is 0 Å². The van der Waals surface area contributed by atoms with E-state index in [-0.39, 0.29) is 10.6 Å². The van der Waals surface area contributed by atoms with Gasteiger partial charge in [-0.05, 0) is 23.4 Å². The molecule has 0 bridgehead atoms. The molecule has 0 aliphatic carbocycles. The van der Waals surface area contributed by atoms with E-state index < -0.39 is 16.4 Å². The highest BCUT2D eigenvalue weighted by atomic mass is 32.2. The van der Waals surface area contributed by atoms with Gasteiger partial charge in [0.05, 0.1) is 4.91 Å². The van der Waals surface area contributed by atoms with E-state index in [1.807, 2.05) is 0 Å². The van der Waals surface area contributed by atoms with Gasteiger partial charge in [0.2, 0.25) is 0 Å². The third-order valence-electron chi connectivity index (χ3n) is 2.07. The number of hydrogen-bond acceptors (Lipinski definition) is 5. The predicted molar refractivity (Wildman–Crippen MR) is 61.3 cm³/mol. The Kier molecular flexibility index (Phi) is 3.25. The highest BCUT2D eigenvalue weighted by Crippen LogP contribution is 2.25. The molecule has 0 saturated carbocycles. The molecule has 1 saturated heterocycles. The van der Waals surface area contributed by atoms with Crippen LogP contribution in [0.15, 0.2) is 29.2 Å². The van der Waals surface area contributed by atoms with E-state index in [1.54, 1.807) is 12.1 Å². The molecule has 1 aromatic carbocycles. The highest BCUT2D eigenvalue weighted by molar-refractivity contribution is 8.18. The van der Waals surface area contributed by atoms with E-state index in [2.05, 4.69) is 5.32 Å². The number of quaternary nitrogens is 1. The topological polar surface area (TPSA) is 93.9 Å². The number of carbonyl (C=O) groups excluding carboxylic acids is 2. The molecule has 0 spiro atoms. The lowest BCUT2D eigenvalue weighted by Crippen LogP contribution is -2.99. The molecule has 6 nitrogen and oxygen atoms in total. The average molecular weight is 252 g/mol. The molecule has 1 aromatic rings. The van der Waals surface area contributed by atoms with Crippen LogP contribution >= 0.6 is 11.8 Å². The molecule has 7 heteroatoms. The van der Waals surface area contributed by atoms with Crippen molar-refractivity contribution < 1.29 is 20.0 Å². The summed E-state index contributed by atoms with van der Waals surface area (Å²) in [5.41, 5.74) is 0.700. The van der Waals surface area contributed by atoms with Crippen molar-refractivity contribution in [3.05, 3.63) is 39.9 Å². The van der Waals surface area contributed by atoms with E-state index in [0.717, 1.165) is 11.8 Å². The number of benzene rings is 1. The van der Waals surface area contributed by atoms with E-state index >= 15 is 0 Å². The third-order valence-corrected chi connectivity index (χ3v) is 2.88. The number of carbonyl (C=O) groups is 2. The summed E-state index contributed by atoms with van der Waals surface area (Å²) in [6.45, 7) is 0. The molecule has 2 amide bonds. The second-order valence-electron chi connectivity index (χ2n) is 3.28. The second kappa shape index (κ2) is 4.68. The van der Waals surface area contributed by atoms with E-state index in [9.17, 15) is 14.8 Å². The summed E-state index contributed by atoms with van der Waals surface area (Å²) >= 11 is 0.797. The second-order valence-corrected chi connectivity index (χ2v) is 4.30. The fraction of sp³-hybridized carbons (Fsp3) is 0.